The lowest BCUT2D eigenvalue weighted by molar-refractivity contribution is -0.125. The molecule has 0 radical (unpaired) electrons. The molecular formula is C27H29NO5. The number of nitrogens with one attached hydrogen (secondary N) is 1. The zero-order chi connectivity index (χ0) is 23.5. The van der Waals surface area contributed by atoms with Crippen LogP contribution in [0.5, 0.6) is 11.5 Å². The summed E-state index contributed by atoms with van der Waals surface area (Å²) >= 11 is 0. The van der Waals surface area contributed by atoms with Gasteiger partial charge in [0.2, 0.25) is 6.10 Å². The van der Waals surface area contributed by atoms with Gasteiger partial charge in [-0.2, -0.15) is 0 Å². The maximum Gasteiger partial charge on any atom is 0.339 e. The smallest absolute Gasteiger partial charge is 0.339 e. The summed E-state index contributed by atoms with van der Waals surface area (Å²) in [4.78, 5) is 26.0. The molecule has 0 aromatic heterocycles. The van der Waals surface area contributed by atoms with Crippen molar-refractivity contribution in [2.75, 3.05) is 18.5 Å². The molecule has 0 aliphatic carbocycles. The fourth-order valence-electron chi connectivity index (χ4n) is 3.15. The van der Waals surface area contributed by atoms with Gasteiger partial charge in [0.05, 0.1) is 24.5 Å². The predicted octanol–water partition coefficient (Wildman–Crippen LogP) is 5.80. The molecule has 0 spiro atoms. The normalized spacial score (nSPS) is 11.3. The van der Waals surface area contributed by atoms with Gasteiger partial charge in [0, 0.05) is 5.56 Å². The molecule has 6 nitrogen and oxygen atoms in total. The Labute approximate surface area is 194 Å². The molecule has 6 heteroatoms. The van der Waals surface area contributed by atoms with Crippen LogP contribution in [0.2, 0.25) is 0 Å². The fraction of sp³-hybridized carbons (Fsp3) is 0.259. The number of benzene rings is 3. The Morgan fingerprint density at radius 2 is 1.55 bits per heavy atom. The first kappa shape index (κ1) is 23.9. The number of para-hydroxylation sites is 2. The molecule has 3 aromatic rings. The van der Waals surface area contributed by atoms with Gasteiger partial charge in [-0.15, -0.1) is 0 Å². The van der Waals surface area contributed by atoms with Gasteiger partial charge < -0.3 is 19.5 Å². The summed E-state index contributed by atoms with van der Waals surface area (Å²) in [7, 11) is 0. The Morgan fingerprint density at radius 3 is 2.24 bits per heavy atom. The van der Waals surface area contributed by atoms with E-state index < -0.39 is 18.0 Å². The molecule has 0 aliphatic rings. The highest BCUT2D eigenvalue weighted by molar-refractivity contribution is 5.99. The van der Waals surface area contributed by atoms with Crippen LogP contribution >= 0.6 is 0 Å². The number of rotatable bonds is 11. The van der Waals surface area contributed by atoms with Crippen LogP contribution in [-0.2, 0) is 9.53 Å². The lowest BCUT2D eigenvalue weighted by Gasteiger charge is -2.19. The second-order valence-corrected chi connectivity index (χ2v) is 7.34. The van der Waals surface area contributed by atoms with Crippen molar-refractivity contribution in [1.82, 2.24) is 0 Å². The summed E-state index contributed by atoms with van der Waals surface area (Å²) in [5.41, 5.74) is 1.41. The molecule has 0 bridgehead atoms. The molecule has 0 saturated carbocycles. The van der Waals surface area contributed by atoms with Gasteiger partial charge >= 0.3 is 5.97 Å². The van der Waals surface area contributed by atoms with Crippen molar-refractivity contribution in [3.63, 3.8) is 0 Å². The Morgan fingerprint density at radius 1 is 0.848 bits per heavy atom. The van der Waals surface area contributed by atoms with E-state index in [0.717, 1.165) is 12.8 Å². The fourth-order valence-corrected chi connectivity index (χ4v) is 3.15. The van der Waals surface area contributed by atoms with E-state index in [-0.39, 0.29) is 0 Å². The summed E-state index contributed by atoms with van der Waals surface area (Å²) in [6, 6.07) is 22.8. The number of ether oxygens (including phenoxy) is 3. The maximum absolute atomic E-state index is 13.2. The average molecular weight is 448 g/mol. The van der Waals surface area contributed by atoms with E-state index in [2.05, 4.69) is 12.2 Å². The maximum atomic E-state index is 13.2. The van der Waals surface area contributed by atoms with Crippen molar-refractivity contribution in [2.24, 2.45) is 0 Å². The lowest BCUT2D eigenvalue weighted by atomic mass is 10.1. The van der Waals surface area contributed by atoms with E-state index in [1.807, 2.05) is 19.1 Å². The monoisotopic (exact) mass is 447 g/mol. The largest absolute Gasteiger partial charge is 0.494 e. The van der Waals surface area contributed by atoms with Crippen molar-refractivity contribution in [2.45, 2.75) is 32.8 Å². The zero-order valence-corrected chi connectivity index (χ0v) is 19.0. The van der Waals surface area contributed by atoms with Gasteiger partial charge in [0.25, 0.3) is 5.91 Å². The molecule has 0 fully saturated rings. The minimum Gasteiger partial charge on any atom is -0.494 e. The van der Waals surface area contributed by atoms with Crippen LogP contribution < -0.4 is 14.8 Å². The number of esters is 1. The highest BCUT2D eigenvalue weighted by Gasteiger charge is 2.26. The van der Waals surface area contributed by atoms with Gasteiger partial charge in [-0.25, -0.2) is 4.79 Å². The lowest BCUT2D eigenvalue weighted by Crippen LogP contribution is -2.26. The second kappa shape index (κ2) is 12.3. The molecule has 0 saturated heterocycles. The average Bonchev–Trinajstić information content (AvgIpc) is 2.85. The summed E-state index contributed by atoms with van der Waals surface area (Å²) in [5, 5.41) is 2.83. The third kappa shape index (κ3) is 6.84. The van der Waals surface area contributed by atoms with Crippen molar-refractivity contribution in [3.05, 3.63) is 90.0 Å². The van der Waals surface area contributed by atoms with Crippen molar-refractivity contribution in [3.8, 4) is 11.5 Å². The van der Waals surface area contributed by atoms with Crippen LogP contribution in [0.25, 0.3) is 0 Å². The second-order valence-electron chi connectivity index (χ2n) is 7.34. The molecular weight excluding hydrogens is 418 g/mol. The molecule has 1 N–H and O–H groups in total. The van der Waals surface area contributed by atoms with Gasteiger partial charge in [-0.05, 0) is 49.7 Å². The molecule has 3 rings (SSSR count). The summed E-state index contributed by atoms with van der Waals surface area (Å²) in [6.07, 6.45) is 0.876. The van der Waals surface area contributed by atoms with Crippen LogP contribution in [0.3, 0.4) is 0 Å². The third-order valence-electron chi connectivity index (χ3n) is 4.87. The number of unbranched alkanes of at least 4 members (excludes halogenated alkanes) is 1. The number of carbonyl (C=O) groups excluding carboxylic acids is 2. The van der Waals surface area contributed by atoms with E-state index in [9.17, 15) is 9.59 Å². The van der Waals surface area contributed by atoms with Crippen LogP contribution in [0.4, 0.5) is 5.69 Å². The van der Waals surface area contributed by atoms with E-state index in [4.69, 9.17) is 14.2 Å². The highest BCUT2D eigenvalue weighted by Crippen LogP contribution is 2.27. The quantitative estimate of drug-likeness (QED) is 0.297. The van der Waals surface area contributed by atoms with E-state index in [1.165, 1.54) is 0 Å². The molecule has 3 aromatic carbocycles. The van der Waals surface area contributed by atoms with Crippen molar-refractivity contribution < 1.29 is 23.8 Å². The summed E-state index contributed by atoms with van der Waals surface area (Å²) in [5.74, 6) is 0.161. The van der Waals surface area contributed by atoms with Crippen molar-refractivity contribution in [1.29, 1.82) is 0 Å². The van der Waals surface area contributed by atoms with Crippen LogP contribution in [-0.4, -0.2) is 25.1 Å². The minimum atomic E-state index is -1.13. The molecule has 0 heterocycles. The van der Waals surface area contributed by atoms with Crippen LogP contribution in [0, 0.1) is 0 Å². The number of carbonyl (C=O) groups is 2. The third-order valence-corrected chi connectivity index (χ3v) is 4.87. The minimum absolute atomic E-state index is 0.335. The number of amides is 1. The Hall–Kier alpha value is -3.80. The van der Waals surface area contributed by atoms with Gasteiger partial charge in [0.1, 0.15) is 11.5 Å². The molecule has 0 aliphatic heterocycles. The van der Waals surface area contributed by atoms with Gasteiger partial charge in [-0.3, -0.25) is 4.79 Å². The Balaban J connectivity index is 1.76. The highest BCUT2D eigenvalue weighted by atomic mass is 16.5. The van der Waals surface area contributed by atoms with E-state index >= 15 is 0 Å². The molecule has 33 heavy (non-hydrogen) atoms. The standard InChI is InChI=1S/C27H29NO5/c1-3-5-19-32-22-17-15-21(16-18-22)27(30)33-25(20-11-7-6-8-12-20)26(29)28-23-13-9-10-14-24(23)31-4-2/h6-18,25H,3-5,19H2,1-2H3,(H,28,29)/t25-/m0/s1. The molecule has 1 atom stereocenters. The Bertz CT molecular complexity index is 1030. The van der Waals surface area contributed by atoms with E-state index in [1.54, 1.807) is 66.7 Å². The summed E-state index contributed by atoms with van der Waals surface area (Å²) in [6.45, 7) is 5.05. The number of hydrogen-bond donors (Lipinski definition) is 1. The Kier molecular flexibility index (Phi) is 8.88. The predicted molar refractivity (Wildman–Crippen MR) is 128 cm³/mol. The topological polar surface area (TPSA) is 73.9 Å². The molecule has 172 valence electrons. The summed E-state index contributed by atoms with van der Waals surface area (Å²) < 4.78 is 16.9. The number of hydrogen-bond acceptors (Lipinski definition) is 5. The first-order valence-corrected chi connectivity index (χ1v) is 11.1. The van der Waals surface area contributed by atoms with Gasteiger partial charge in [-0.1, -0.05) is 55.8 Å². The van der Waals surface area contributed by atoms with Crippen molar-refractivity contribution >= 4 is 17.6 Å². The number of anilines is 1. The first-order valence-electron chi connectivity index (χ1n) is 11.1. The van der Waals surface area contributed by atoms with Crippen LogP contribution in [0.1, 0.15) is 48.7 Å². The molecule has 0 unspecified atom stereocenters. The first-order chi connectivity index (χ1) is 16.1. The SMILES string of the molecule is CCCCOc1ccc(C(=O)O[C@H](C(=O)Nc2ccccc2OCC)c2ccccc2)cc1. The zero-order valence-electron chi connectivity index (χ0n) is 19.0. The van der Waals surface area contributed by atoms with E-state index in [0.29, 0.717) is 41.5 Å². The molecule has 1 amide bonds. The van der Waals surface area contributed by atoms with Crippen LogP contribution in [0.15, 0.2) is 78.9 Å². The van der Waals surface area contributed by atoms with Gasteiger partial charge in [0.15, 0.2) is 0 Å².